The molecule has 0 radical (unpaired) electrons. The zero-order valence-electron chi connectivity index (χ0n) is 3.19. The molecule has 0 atom stereocenters. The number of hydrogen-bond donors (Lipinski definition) is 0. The van der Waals surface area contributed by atoms with Crippen molar-refractivity contribution in [1.82, 2.24) is 0 Å². The van der Waals surface area contributed by atoms with E-state index in [-0.39, 0.29) is 0 Å². The van der Waals surface area contributed by atoms with Crippen LogP contribution in [0.1, 0.15) is 0 Å². The molecule has 0 aromatic carbocycles. The van der Waals surface area contributed by atoms with Crippen molar-refractivity contribution in [1.29, 1.82) is 0 Å². The van der Waals surface area contributed by atoms with E-state index in [1.165, 1.54) is 0 Å². The Bertz CT molecular complexity index is 50.7. The van der Waals surface area contributed by atoms with Crippen LogP contribution in [0.3, 0.4) is 0 Å². The predicted molar refractivity (Wildman–Crippen MR) is 25.3 cm³/mol. The van der Waals surface area contributed by atoms with Crippen LogP contribution in [0.25, 0.3) is 0 Å². The van der Waals surface area contributed by atoms with Crippen molar-refractivity contribution in [2.24, 2.45) is 0 Å². The first-order valence-electron chi connectivity index (χ1n) is 1.29. The van der Waals surface area contributed by atoms with Gasteiger partial charge in [0.25, 0.3) is 0 Å². The van der Waals surface area contributed by atoms with Crippen LogP contribution < -0.4 is 0 Å². The van der Waals surface area contributed by atoms with E-state index < -0.39 is 0 Å². The first-order valence-corrected chi connectivity index (χ1v) is 3.99. The Morgan fingerprint density at radius 3 is 2.60 bits per heavy atom. The maximum absolute atomic E-state index is 3.39. The van der Waals surface area contributed by atoms with E-state index in [9.17, 15) is 0 Å². The van der Waals surface area contributed by atoms with E-state index in [1.807, 2.05) is 4.97 Å². The maximum atomic E-state index is 3.39. The van der Waals surface area contributed by atoms with Crippen molar-refractivity contribution in [3.05, 3.63) is 17.3 Å². The summed E-state index contributed by atoms with van der Waals surface area (Å²) in [5.74, 6) is 2.12. The summed E-state index contributed by atoms with van der Waals surface area (Å²) in [6, 6.07) is 0. The molecule has 0 aromatic rings. The van der Waals surface area contributed by atoms with Gasteiger partial charge in [0.05, 0.1) is 0 Å². The predicted octanol–water partition coefficient (Wildman–Crippen LogP) is 1.04. The van der Waals surface area contributed by atoms with Gasteiger partial charge in [0.15, 0.2) is 0 Å². The second-order valence-electron chi connectivity index (χ2n) is 0.558. The Hall–Kier alpha value is 0.0395. The summed E-state index contributed by atoms with van der Waals surface area (Å²) < 4.78 is 0. The van der Waals surface area contributed by atoms with Gasteiger partial charge in [-0.3, -0.25) is 0 Å². The Kier molecular flexibility index (Phi) is 4.07. The van der Waals surface area contributed by atoms with Gasteiger partial charge in [-0.05, 0) is 0 Å². The minimum absolute atomic E-state index is 0.627. The fourth-order valence-corrected chi connectivity index (χ4v) is 0.433. The van der Waals surface area contributed by atoms with Crippen molar-refractivity contribution in [2.75, 3.05) is 0 Å². The number of hydrogen-bond acceptors (Lipinski definition) is 0. The Morgan fingerprint density at radius 2 is 2.60 bits per heavy atom. The van der Waals surface area contributed by atoms with Gasteiger partial charge in [0.1, 0.15) is 0 Å². The van der Waals surface area contributed by atoms with Gasteiger partial charge in [0.2, 0.25) is 0 Å². The fourth-order valence-electron chi connectivity index (χ4n) is 0.0833. The molecule has 0 N–H and O–H groups in total. The topological polar surface area (TPSA) is 0 Å². The molecule has 28 valence electrons. The van der Waals surface area contributed by atoms with Crippen molar-refractivity contribution in [3.63, 3.8) is 0 Å². The van der Waals surface area contributed by atoms with Gasteiger partial charge in [-0.1, -0.05) is 0 Å². The molecular formula is C4H6Se. The second kappa shape index (κ2) is 4.04. The van der Waals surface area contributed by atoms with Crippen molar-refractivity contribution in [2.45, 2.75) is 5.82 Å². The van der Waals surface area contributed by atoms with Gasteiger partial charge in [-0.15, -0.1) is 0 Å². The molecule has 1 heteroatoms. The van der Waals surface area contributed by atoms with Gasteiger partial charge in [-0.2, -0.15) is 0 Å². The summed E-state index contributed by atoms with van der Waals surface area (Å²) in [5, 5.41) is 0. The van der Waals surface area contributed by atoms with E-state index >= 15 is 0 Å². The second-order valence-corrected chi connectivity index (χ2v) is 2.04. The third-order valence-electron chi connectivity index (χ3n) is 0.201. The van der Waals surface area contributed by atoms with Crippen LogP contribution in [0.15, 0.2) is 17.3 Å². The van der Waals surface area contributed by atoms with E-state index in [1.54, 1.807) is 0 Å². The monoisotopic (exact) mass is 134 g/mol. The summed E-state index contributed by atoms with van der Waals surface area (Å²) in [6.07, 6.45) is 0. The van der Waals surface area contributed by atoms with Crippen LogP contribution >= 0.6 is 0 Å². The first kappa shape index (κ1) is 5.04. The van der Waals surface area contributed by atoms with Crippen LogP contribution in [0, 0.1) is 0 Å². The molecule has 0 fully saturated rings. The zero-order chi connectivity index (χ0) is 4.12. The van der Waals surface area contributed by atoms with Gasteiger partial charge in [-0.25, -0.2) is 0 Å². The Balaban J connectivity index is 2.93. The molecule has 0 nitrogen and oxygen atoms in total. The van der Waals surface area contributed by atoms with E-state index in [2.05, 4.69) is 18.1 Å². The molecule has 0 aromatic heterocycles. The van der Waals surface area contributed by atoms with Crippen LogP contribution in [0.2, 0.25) is 5.82 Å². The fraction of sp³-hybridized carbons (Fsp3) is 0.250. The summed E-state index contributed by atoms with van der Waals surface area (Å²) >= 11 is 0.627. The van der Waals surface area contributed by atoms with E-state index in [0.29, 0.717) is 15.0 Å². The van der Waals surface area contributed by atoms with Crippen molar-refractivity contribution in [3.8, 4) is 0 Å². The Labute approximate surface area is 38.7 Å². The average molecular weight is 133 g/mol. The van der Waals surface area contributed by atoms with Crippen LogP contribution in [0.4, 0.5) is 0 Å². The molecule has 5 heavy (non-hydrogen) atoms. The molecule has 0 heterocycles. The van der Waals surface area contributed by atoms with Gasteiger partial charge < -0.3 is 0 Å². The molecule has 0 spiro atoms. The van der Waals surface area contributed by atoms with Crippen LogP contribution in [0.5, 0.6) is 0 Å². The summed E-state index contributed by atoms with van der Waals surface area (Å²) in [4.78, 5) is 1.95. The molecule has 0 aliphatic heterocycles. The van der Waals surface area contributed by atoms with E-state index in [0.717, 1.165) is 0 Å². The van der Waals surface area contributed by atoms with Crippen LogP contribution in [-0.4, -0.2) is 15.0 Å². The van der Waals surface area contributed by atoms with Gasteiger partial charge >= 0.3 is 38.1 Å². The molecule has 0 aliphatic rings. The van der Waals surface area contributed by atoms with E-state index in [4.69, 9.17) is 0 Å². The van der Waals surface area contributed by atoms with Crippen molar-refractivity contribution < 1.29 is 0 Å². The Morgan fingerprint density at radius 1 is 2.00 bits per heavy atom. The summed E-state index contributed by atoms with van der Waals surface area (Å²) in [5.41, 5.74) is 2.67. The quantitative estimate of drug-likeness (QED) is 0.370. The van der Waals surface area contributed by atoms with Crippen molar-refractivity contribution >= 4 is 15.0 Å². The molecule has 0 bridgehead atoms. The molecule has 0 aliphatic carbocycles. The summed E-state index contributed by atoms with van der Waals surface area (Å²) in [6.45, 7) is 3.39. The number of rotatable bonds is 1. The third-order valence-corrected chi connectivity index (χ3v) is 1.05. The zero-order valence-corrected chi connectivity index (χ0v) is 4.91. The molecule has 0 amide bonds. The molecule has 0 rings (SSSR count). The average Bonchev–Trinajstić information content (AvgIpc) is 1.41. The summed E-state index contributed by atoms with van der Waals surface area (Å²) in [7, 11) is 0. The third kappa shape index (κ3) is 4.04. The SMILES string of the molecule is C=C=C[Se]C. The molecular weight excluding hydrogens is 127 g/mol. The minimum atomic E-state index is 0.627. The normalized spacial score (nSPS) is 5.80. The molecule has 0 saturated carbocycles. The molecule has 0 saturated heterocycles. The van der Waals surface area contributed by atoms with Crippen LogP contribution in [-0.2, 0) is 0 Å². The standard InChI is InChI=1S/C4H6Se/c1-3-4-5-2/h4H,1H2,2H3. The molecule has 0 unspecified atom stereocenters. The van der Waals surface area contributed by atoms with Gasteiger partial charge in [0, 0.05) is 0 Å². The first-order chi connectivity index (χ1) is 2.41.